The van der Waals surface area contributed by atoms with E-state index in [0.29, 0.717) is 23.3 Å². The number of carbonyl (C=O) groups is 2. The first kappa shape index (κ1) is 17.4. The number of nitrogens with zero attached hydrogens (tertiary/aromatic N) is 1. The third-order valence-corrected chi connectivity index (χ3v) is 4.72. The van der Waals surface area contributed by atoms with Crippen molar-refractivity contribution in [1.29, 1.82) is 0 Å². The Bertz CT molecular complexity index is 775. The summed E-state index contributed by atoms with van der Waals surface area (Å²) in [7, 11) is 0. The molecule has 1 unspecified atom stereocenters. The van der Waals surface area contributed by atoms with E-state index in [1.54, 1.807) is 13.1 Å². The molecule has 3 rings (SSSR count). The Morgan fingerprint density at radius 1 is 1.36 bits per heavy atom. The Kier molecular flexibility index (Phi) is 4.50. The van der Waals surface area contributed by atoms with Crippen LogP contribution in [0.3, 0.4) is 0 Å². The average Bonchev–Trinajstić information content (AvgIpc) is 2.53. The molecule has 0 fully saturated rings. The summed E-state index contributed by atoms with van der Waals surface area (Å²) in [5.74, 6) is -0.795. The second-order valence-electron chi connectivity index (χ2n) is 7.40. The van der Waals surface area contributed by atoms with Crippen LogP contribution in [0.2, 0.25) is 0 Å². The summed E-state index contributed by atoms with van der Waals surface area (Å²) >= 11 is 0. The average molecular weight is 340 g/mol. The van der Waals surface area contributed by atoms with Crippen LogP contribution in [-0.4, -0.2) is 23.3 Å². The molecule has 0 bridgehead atoms. The maximum Gasteiger partial charge on any atom is 0.336 e. The van der Waals surface area contributed by atoms with Gasteiger partial charge >= 0.3 is 5.97 Å². The first-order valence-electron chi connectivity index (χ1n) is 8.66. The maximum atomic E-state index is 13.0. The zero-order valence-electron chi connectivity index (χ0n) is 15.2. The molecule has 2 aliphatic rings. The van der Waals surface area contributed by atoms with E-state index in [0.717, 1.165) is 17.8 Å². The van der Waals surface area contributed by atoms with Crippen LogP contribution in [0.5, 0.6) is 0 Å². The van der Waals surface area contributed by atoms with Gasteiger partial charge in [-0.05, 0) is 37.8 Å². The van der Waals surface area contributed by atoms with Crippen molar-refractivity contribution < 1.29 is 14.3 Å². The molecule has 5 heteroatoms. The predicted molar refractivity (Wildman–Crippen MR) is 94.5 cm³/mol. The molecule has 1 aromatic heterocycles. The van der Waals surface area contributed by atoms with E-state index in [9.17, 15) is 9.59 Å². The van der Waals surface area contributed by atoms with Crippen molar-refractivity contribution in [2.24, 2.45) is 5.41 Å². The van der Waals surface area contributed by atoms with Crippen molar-refractivity contribution in [1.82, 2.24) is 10.3 Å². The minimum Gasteiger partial charge on any atom is -0.463 e. The number of ketones is 1. The molecule has 1 aliphatic heterocycles. The van der Waals surface area contributed by atoms with Gasteiger partial charge in [0.1, 0.15) is 0 Å². The van der Waals surface area contributed by atoms with Gasteiger partial charge in [-0.2, -0.15) is 0 Å². The number of pyridine rings is 1. The monoisotopic (exact) mass is 340 g/mol. The van der Waals surface area contributed by atoms with Crippen LogP contribution in [0.25, 0.3) is 0 Å². The quantitative estimate of drug-likeness (QED) is 0.856. The number of dihydropyridines is 1. The Morgan fingerprint density at radius 3 is 2.76 bits per heavy atom. The lowest BCUT2D eigenvalue weighted by Crippen LogP contribution is -2.38. The molecule has 0 spiro atoms. The van der Waals surface area contributed by atoms with E-state index in [2.05, 4.69) is 24.1 Å². The Labute approximate surface area is 148 Å². The zero-order valence-corrected chi connectivity index (χ0v) is 15.2. The number of hydrogen-bond donors (Lipinski definition) is 1. The number of ether oxygens (including phenoxy) is 1. The number of Topliss-reactive ketones (excluding diaryl/α,β-unsaturated/α-hetero) is 1. The van der Waals surface area contributed by atoms with E-state index in [1.807, 2.05) is 25.1 Å². The number of esters is 1. The minimum atomic E-state index is -0.472. The van der Waals surface area contributed by atoms with Gasteiger partial charge in [0.15, 0.2) is 5.78 Å². The van der Waals surface area contributed by atoms with Gasteiger partial charge in [-0.15, -0.1) is 0 Å². The van der Waals surface area contributed by atoms with Crippen LogP contribution in [0.1, 0.15) is 52.1 Å². The molecule has 1 atom stereocenters. The Balaban J connectivity index is 2.16. The van der Waals surface area contributed by atoms with Crippen LogP contribution in [0.4, 0.5) is 0 Å². The molecule has 0 saturated carbocycles. The molecule has 2 heterocycles. The topological polar surface area (TPSA) is 68.3 Å². The van der Waals surface area contributed by atoms with Crippen molar-refractivity contribution >= 4 is 11.8 Å². The van der Waals surface area contributed by atoms with Crippen molar-refractivity contribution in [3.63, 3.8) is 0 Å². The van der Waals surface area contributed by atoms with Crippen LogP contribution in [0, 0.1) is 5.41 Å². The van der Waals surface area contributed by atoms with Crippen LogP contribution < -0.4 is 5.32 Å². The normalized spacial score (nSPS) is 22.4. The van der Waals surface area contributed by atoms with Gasteiger partial charge in [0.2, 0.25) is 0 Å². The largest absolute Gasteiger partial charge is 0.463 e. The number of nitrogens with one attached hydrogen (secondary N) is 1. The molecule has 25 heavy (non-hydrogen) atoms. The lowest BCUT2D eigenvalue weighted by Gasteiger charge is -2.39. The fourth-order valence-electron chi connectivity index (χ4n) is 3.76. The molecule has 5 nitrogen and oxygen atoms in total. The summed E-state index contributed by atoms with van der Waals surface area (Å²) in [4.78, 5) is 30.0. The molecule has 1 aliphatic carbocycles. The molecule has 0 amide bonds. The predicted octanol–water partition coefficient (Wildman–Crippen LogP) is 3.25. The van der Waals surface area contributed by atoms with Crippen LogP contribution in [0.15, 0.2) is 46.9 Å². The molecular weight excluding hydrogens is 316 g/mol. The molecule has 1 N–H and O–H groups in total. The number of hydrogen-bond acceptors (Lipinski definition) is 5. The summed E-state index contributed by atoms with van der Waals surface area (Å²) in [5, 5.41) is 3.30. The molecule has 1 aromatic rings. The minimum absolute atomic E-state index is 0.0729. The number of aromatic nitrogens is 1. The number of carbonyl (C=O) groups excluding carboxylic acids is 2. The highest BCUT2D eigenvalue weighted by atomic mass is 16.5. The van der Waals surface area contributed by atoms with Crippen molar-refractivity contribution in [3.05, 3.63) is 52.6 Å². The summed E-state index contributed by atoms with van der Waals surface area (Å²) < 4.78 is 5.26. The van der Waals surface area contributed by atoms with Gasteiger partial charge in [-0.1, -0.05) is 19.9 Å². The summed E-state index contributed by atoms with van der Waals surface area (Å²) in [5.41, 5.74) is 3.38. The zero-order chi connectivity index (χ0) is 18.2. The second kappa shape index (κ2) is 6.47. The highest BCUT2D eigenvalue weighted by Crippen LogP contribution is 2.46. The van der Waals surface area contributed by atoms with Gasteiger partial charge in [0.05, 0.1) is 23.8 Å². The smallest absolute Gasteiger partial charge is 0.336 e. The highest BCUT2D eigenvalue weighted by Gasteiger charge is 2.43. The fourth-order valence-corrected chi connectivity index (χ4v) is 3.76. The van der Waals surface area contributed by atoms with E-state index < -0.39 is 11.9 Å². The van der Waals surface area contributed by atoms with Gasteiger partial charge in [-0.3, -0.25) is 9.78 Å². The van der Waals surface area contributed by atoms with Gasteiger partial charge < -0.3 is 10.1 Å². The van der Waals surface area contributed by atoms with Gasteiger partial charge in [-0.25, -0.2) is 4.79 Å². The Morgan fingerprint density at radius 2 is 2.12 bits per heavy atom. The van der Waals surface area contributed by atoms with Crippen LogP contribution in [-0.2, 0) is 14.3 Å². The van der Waals surface area contributed by atoms with Gasteiger partial charge in [0, 0.05) is 29.6 Å². The third kappa shape index (κ3) is 3.23. The SMILES string of the molecule is CCOC(=O)C1=C(C)NC2=C(C(=O)CC(C)(C)C2)C1c1ccccn1. The lowest BCUT2D eigenvalue weighted by molar-refractivity contribution is -0.138. The third-order valence-electron chi connectivity index (χ3n) is 4.72. The molecule has 132 valence electrons. The fraction of sp³-hybridized carbons (Fsp3) is 0.450. The first-order valence-corrected chi connectivity index (χ1v) is 8.66. The molecular formula is C20H24N2O3. The van der Waals surface area contributed by atoms with E-state index in [4.69, 9.17) is 4.74 Å². The van der Waals surface area contributed by atoms with Gasteiger partial charge in [0.25, 0.3) is 0 Å². The standard InChI is InChI=1S/C20H24N2O3/c1-5-25-19(24)16-12(2)22-14-10-20(3,4)11-15(23)17(14)18(16)13-8-6-7-9-21-13/h6-9,18,22H,5,10-11H2,1-4H3. The number of rotatable bonds is 3. The summed E-state index contributed by atoms with van der Waals surface area (Å²) in [6.07, 6.45) is 2.92. The van der Waals surface area contributed by atoms with E-state index in [1.165, 1.54) is 0 Å². The molecule has 0 saturated heterocycles. The van der Waals surface area contributed by atoms with E-state index >= 15 is 0 Å². The lowest BCUT2D eigenvalue weighted by atomic mass is 9.69. The van der Waals surface area contributed by atoms with Crippen molar-refractivity contribution in [2.75, 3.05) is 6.61 Å². The maximum absolute atomic E-state index is 13.0. The summed E-state index contributed by atoms with van der Waals surface area (Å²) in [6, 6.07) is 5.56. The molecule has 0 aromatic carbocycles. The molecule has 0 radical (unpaired) electrons. The number of allylic oxidation sites excluding steroid dienone is 3. The van der Waals surface area contributed by atoms with Crippen LogP contribution >= 0.6 is 0 Å². The van der Waals surface area contributed by atoms with E-state index in [-0.39, 0.29) is 17.8 Å². The van der Waals surface area contributed by atoms with Crippen molar-refractivity contribution in [2.45, 2.75) is 46.5 Å². The first-order chi connectivity index (χ1) is 11.8. The summed E-state index contributed by atoms with van der Waals surface area (Å²) in [6.45, 7) is 8.10. The van der Waals surface area contributed by atoms with Crippen molar-refractivity contribution in [3.8, 4) is 0 Å². The second-order valence-corrected chi connectivity index (χ2v) is 7.40. The Hall–Kier alpha value is -2.43. The highest BCUT2D eigenvalue weighted by molar-refractivity contribution is 6.04.